The molecule has 0 radical (unpaired) electrons. The lowest BCUT2D eigenvalue weighted by atomic mass is 9.91. The van der Waals surface area contributed by atoms with Gasteiger partial charge in [-0.05, 0) is 76.9 Å². The van der Waals surface area contributed by atoms with Crippen LogP contribution in [-0.4, -0.2) is 4.57 Å². The third kappa shape index (κ3) is 1.64. The quantitative estimate of drug-likeness (QED) is 0.376. The van der Waals surface area contributed by atoms with Gasteiger partial charge in [0.1, 0.15) is 0 Å². The predicted molar refractivity (Wildman–Crippen MR) is 101 cm³/mol. The van der Waals surface area contributed by atoms with E-state index in [-0.39, 0.29) is 0 Å². The largest absolute Gasteiger partial charge is 0.309 e. The molecule has 0 saturated heterocycles. The Balaban J connectivity index is 2.07. The lowest BCUT2D eigenvalue weighted by Gasteiger charge is -2.13. The Morgan fingerprint density at radius 2 is 1.50 bits per heavy atom. The van der Waals surface area contributed by atoms with Crippen molar-refractivity contribution < 1.29 is 0 Å². The van der Waals surface area contributed by atoms with Gasteiger partial charge in [0.15, 0.2) is 0 Å². The van der Waals surface area contributed by atoms with Gasteiger partial charge in [-0.15, -0.1) is 0 Å². The lowest BCUT2D eigenvalue weighted by Crippen LogP contribution is -1.98. The van der Waals surface area contributed by atoms with Gasteiger partial charge in [0.05, 0.1) is 11.0 Å². The number of halogens is 1. The number of aromatic nitrogens is 1. The first kappa shape index (κ1) is 12.7. The molecule has 1 aliphatic rings. The predicted octanol–water partition coefficient (Wildman–Crippen LogP) is 5.49. The van der Waals surface area contributed by atoms with Crippen molar-refractivity contribution in [3.63, 3.8) is 0 Å². The molecule has 4 aromatic rings. The van der Waals surface area contributed by atoms with Crippen LogP contribution in [-0.2, 0) is 12.8 Å². The summed E-state index contributed by atoms with van der Waals surface area (Å²) >= 11 is 2.44. The number of aryl methyl sites for hydroxylation is 2. The molecular formula is C20H14IN. The molecule has 0 bridgehead atoms. The Hall–Kier alpha value is -1.81. The van der Waals surface area contributed by atoms with Gasteiger partial charge in [-0.1, -0.05) is 30.3 Å². The van der Waals surface area contributed by atoms with Crippen molar-refractivity contribution in [2.45, 2.75) is 12.8 Å². The smallest absolute Gasteiger partial charge is 0.0554 e. The van der Waals surface area contributed by atoms with Crippen molar-refractivity contribution in [1.82, 2.24) is 4.57 Å². The van der Waals surface area contributed by atoms with Crippen molar-refractivity contribution in [1.29, 1.82) is 0 Å². The summed E-state index contributed by atoms with van der Waals surface area (Å²) in [6.07, 6.45) is 2.30. The Kier molecular flexibility index (Phi) is 2.65. The Labute approximate surface area is 142 Å². The summed E-state index contributed by atoms with van der Waals surface area (Å²) in [6, 6.07) is 22.1. The van der Waals surface area contributed by atoms with Crippen molar-refractivity contribution in [2.75, 3.05) is 0 Å². The molecule has 22 heavy (non-hydrogen) atoms. The highest BCUT2D eigenvalue weighted by Gasteiger charge is 2.21. The molecule has 0 fully saturated rings. The fraction of sp³-hybridized carbons (Fsp3) is 0.100. The molecule has 1 nitrogen and oxygen atoms in total. The number of hydrogen-bond donors (Lipinski definition) is 0. The van der Waals surface area contributed by atoms with E-state index < -0.39 is 0 Å². The van der Waals surface area contributed by atoms with Crippen LogP contribution >= 0.6 is 22.6 Å². The van der Waals surface area contributed by atoms with Gasteiger partial charge in [-0.2, -0.15) is 0 Å². The fourth-order valence-electron chi connectivity index (χ4n) is 3.83. The number of hydrogen-bond acceptors (Lipinski definition) is 0. The molecule has 106 valence electrons. The normalized spacial score (nSPS) is 13.3. The molecule has 3 aromatic carbocycles. The number of nitrogens with zero attached hydrogens (tertiary/aromatic N) is 1. The Morgan fingerprint density at radius 3 is 2.36 bits per heavy atom. The highest BCUT2D eigenvalue weighted by molar-refractivity contribution is 14.1. The average Bonchev–Trinajstić information content (AvgIpc) is 2.88. The summed E-state index contributed by atoms with van der Waals surface area (Å²) < 4.78 is 3.74. The number of benzene rings is 3. The highest BCUT2D eigenvalue weighted by atomic mass is 127. The van der Waals surface area contributed by atoms with E-state index in [0.29, 0.717) is 0 Å². The van der Waals surface area contributed by atoms with Crippen LogP contribution in [0.5, 0.6) is 0 Å². The van der Waals surface area contributed by atoms with Crippen molar-refractivity contribution in [2.24, 2.45) is 0 Å². The van der Waals surface area contributed by atoms with Gasteiger partial charge < -0.3 is 4.57 Å². The molecule has 1 aliphatic carbocycles. The second kappa shape index (κ2) is 4.59. The summed E-state index contributed by atoms with van der Waals surface area (Å²) in [5.74, 6) is 0. The lowest BCUT2D eigenvalue weighted by molar-refractivity contribution is 0.968. The first-order valence-corrected chi connectivity index (χ1v) is 8.71. The summed E-state index contributed by atoms with van der Waals surface area (Å²) in [6.45, 7) is 0. The van der Waals surface area contributed by atoms with Crippen LogP contribution in [0.3, 0.4) is 0 Å². The van der Waals surface area contributed by atoms with Crippen molar-refractivity contribution in [3.8, 4) is 5.69 Å². The summed E-state index contributed by atoms with van der Waals surface area (Å²) in [5, 5.41) is 2.92. The van der Waals surface area contributed by atoms with E-state index in [1.165, 1.54) is 42.2 Å². The van der Waals surface area contributed by atoms with Crippen molar-refractivity contribution >= 4 is 44.4 Å². The van der Waals surface area contributed by atoms with Gasteiger partial charge in [-0.3, -0.25) is 0 Å². The van der Waals surface area contributed by atoms with Crippen LogP contribution < -0.4 is 0 Å². The summed E-state index contributed by atoms with van der Waals surface area (Å²) in [5.41, 5.74) is 6.91. The Bertz CT molecular complexity index is 1030. The van der Waals surface area contributed by atoms with Gasteiger partial charge in [0.25, 0.3) is 0 Å². The van der Waals surface area contributed by atoms with Crippen LogP contribution in [0, 0.1) is 3.57 Å². The zero-order chi connectivity index (χ0) is 14.7. The summed E-state index contributed by atoms with van der Waals surface area (Å²) in [4.78, 5) is 0. The molecule has 0 spiro atoms. The molecule has 1 heterocycles. The molecule has 0 N–H and O–H groups in total. The molecule has 0 unspecified atom stereocenters. The molecule has 0 amide bonds. The number of para-hydroxylation sites is 1. The minimum Gasteiger partial charge on any atom is -0.309 e. The zero-order valence-corrected chi connectivity index (χ0v) is 14.2. The van der Waals surface area contributed by atoms with E-state index in [2.05, 4.69) is 87.8 Å². The maximum absolute atomic E-state index is 2.44. The molecule has 5 rings (SSSR count). The third-order valence-electron chi connectivity index (χ3n) is 4.70. The topological polar surface area (TPSA) is 4.93 Å². The minimum absolute atomic E-state index is 1.15. The average molecular weight is 395 g/mol. The maximum atomic E-state index is 2.44. The first-order chi connectivity index (χ1) is 10.8. The van der Waals surface area contributed by atoms with Gasteiger partial charge in [0.2, 0.25) is 0 Å². The Morgan fingerprint density at radius 1 is 0.727 bits per heavy atom. The second-order valence-corrected chi connectivity index (χ2v) is 7.19. The molecule has 1 aromatic heterocycles. The van der Waals surface area contributed by atoms with Crippen LogP contribution in [0.15, 0.2) is 60.7 Å². The van der Waals surface area contributed by atoms with Gasteiger partial charge in [0, 0.05) is 20.0 Å². The third-order valence-corrected chi connectivity index (χ3v) is 5.33. The SMILES string of the molecule is Ic1cc2c3c4c(cccc4n(-c4ccccc4)c3c1)CC2. The van der Waals surface area contributed by atoms with E-state index >= 15 is 0 Å². The second-order valence-electron chi connectivity index (χ2n) is 5.94. The molecular weight excluding hydrogens is 381 g/mol. The summed E-state index contributed by atoms with van der Waals surface area (Å²) in [7, 11) is 0. The molecule has 0 saturated carbocycles. The standard InChI is InChI=1S/C20H14IN/c21-15-11-14-10-9-13-5-4-8-17-19(13)20(14)18(12-15)22(17)16-6-2-1-3-7-16/h1-8,11-12H,9-10H2. The monoisotopic (exact) mass is 395 g/mol. The van der Waals surface area contributed by atoms with E-state index in [0.717, 1.165) is 12.8 Å². The first-order valence-electron chi connectivity index (χ1n) is 7.63. The van der Waals surface area contributed by atoms with E-state index in [4.69, 9.17) is 0 Å². The molecule has 0 aliphatic heterocycles. The van der Waals surface area contributed by atoms with E-state index in [1.807, 2.05) is 0 Å². The minimum atomic E-state index is 1.15. The number of rotatable bonds is 1. The van der Waals surface area contributed by atoms with E-state index in [1.54, 1.807) is 0 Å². The van der Waals surface area contributed by atoms with Gasteiger partial charge in [-0.25, -0.2) is 0 Å². The molecule has 2 heteroatoms. The van der Waals surface area contributed by atoms with Crippen LogP contribution in [0.25, 0.3) is 27.5 Å². The van der Waals surface area contributed by atoms with Crippen LogP contribution in [0.1, 0.15) is 11.1 Å². The maximum Gasteiger partial charge on any atom is 0.0554 e. The van der Waals surface area contributed by atoms with E-state index in [9.17, 15) is 0 Å². The molecule has 0 atom stereocenters. The van der Waals surface area contributed by atoms with Crippen LogP contribution in [0.2, 0.25) is 0 Å². The highest BCUT2D eigenvalue weighted by Crippen LogP contribution is 2.40. The zero-order valence-electron chi connectivity index (χ0n) is 12.0. The van der Waals surface area contributed by atoms with Crippen LogP contribution in [0.4, 0.5) is 0 Å². The van der Waals surface area contributed by atoms with Crippen molar-refractivity contribution in [3.05, 3.63) is 75.4 Å². The van der Waals surface area contributed by atoms with Gasteiger partial charge >= 0.3 is 0 Å². The fourth-order valence-corrected chi connectivity index (χ4v) is 4.50.